The summed E-state index contributed by atoms with van der Waals surface area (Å²) in [6.07, 6.45) is 0.159. The van der Waals surface area contributed by atoms with Gasteiger partial charge in [-0.15, -0.1) is 0 Å². The van der Waals surface area contributed by atoms with Crippen LogP contribution >= 0.6 is 0 Å². The van der Waals surface area contributed by atoms with Crippen LogP contribution < -0.4 is 5.32 Å². The zero-order valence-corrected chi connectivity index (χ0v) is 10.9. The van der Waals surface area contributed by atoms with Crippen molar-refractivity contribution in [2.75, 3.05) is 13.1 Å². The summed E-state index contributed by atoms with van der Waals surface area (Å²) in [5.41, 5.74) is 0.531. The topological polar surface area (TPSA) is 69.6 Å². The van der Waals surface area contributed by atoms with Crippen molar-refractivity contribution in [1.82, 2.24) is 10.2 Å². The lowest BCUT2D eigenvalue weighted by atomic mass is 10.2. The van der Waals surface area contributed by atoms with Gasteiger partial charge in [-0.05, 0) is 25.5 Å². The van der Waals surface area contributed by atoms with Crippen LogP contribution in [0.25, 0.3) is 0 Å². The summed E-state index contributed by atoms with van der Waals surface area (Å²) in [5, 5.41) is 12.1. The monoisotopic (exact) mass is 262 g/mol. The summed E-state index contributed by atoms with van der Waals surface area (Å²) < 4.78 is 0. The Morgan fingerprint density at radius 3 is 2.63 bits per heavy atom. The zero-order chi connectivity index (χ0) is 13.8. The molecule has 1 aromatic carbocycles. The summed E-state index contributed by atoms with van der Waals surface area (Å²) in [6.45, 7) is 2.56. The number of benzene rings is 1. The van der Waals surface area contributed by atoms with Crippen molar-refractivity contribution in [3.8, 4) is 0 Å². The van der Waals surface area contributed by atoms with Crippen molar-refractivity contribution < 1.29 is 14.7 Å². The molecule has 1 saturated heterocycles. The highest BCUT2D eigenvalue weighted by molar-refractivity contribution is 5.97. The van der Waals surface area contributed by atoms with Crippen molar-refractivity contribution in [3.05, 3.63) is 35.9 Å². The van der Waals surface area contributed by atoms with Gasteiger partial charge < -0.3 is 15.3 Å². The van der Waals surface area contributed by atoms with Gasteiger partial charge in [0.05, 0.1) is 6.10 Å². The van der Waals surface area contributed by atoms with E-state index in [1.165, 1.54) is 0 Å². The number of hydrogen-bond acceptors (Lipinski definition) is 3. The number of β-amino-alcohol motifs (C(OH)–C–C–N with tert-alkyl or cyclic N) is 1. The van der Waals surface area contributed by atoms with Crippen molar-refractivity contribution in [2.45, 2.75) is 25.5 Å². The van der Waals surface area contributed by atoms with Gasteiger partial charge in [-0.1, -0.05) is 18.2 Å². The molecule has 0 radical (unpaired) electrons. The number of rotatable bonds is 3. The molecule has 0 bridgehead atoms. The molecule has 2 amide bonds. The van der Waals surface area contributed by atoms with Crippen LogP contribution in [0.5, 0.6) is 0 Å². The highest BCUT2D eigenvalue weighted by Crippen LogP contribution is 2.10. The first-order valence-electron chi connectivity index (χ1n) is 6.40. The molecule has 2 N–H and O–H groups in total. The van der Waals surface area contributed by atoms with Crippen LogP contribution in [-0.2, 0) is 4.79 Å². The largest absolute Gasteiger partial charge is 0.391 e. The fourth-order valence-corrected chi connectivity index (χ4v) is 2.15. The smallest absolute Gasteiger partial charge is 0.251 e. The molecule has 1 unspecified atom stereocenters. The van der Waals surface area contributed by atoms with E-state index in [0.717, 1.165) is 0 Å². The third-order valence-corrected chi connectivity index (χ3v) is 3.23. The summed E-state index contributed by atoms with van der Waals surface area (Å²) in [7, 11) is 0. The SMILES string of the molecule is CC(NC(=O)c1ccccc1)C(=O)N1CC[C@H](O)C1. The highest BCUT2D eigenvalue weighted by atomic mass is 16.3. The van der Waals surface area contributed by atoms with Gasteiger partial charge in [-0.2, -0.15) is 0 Å². The van der Waals surface area contributed by atoms with Crippen LogP contribution in [0.1, 0.15) is 23.7 Å². The third-order valence-electron chi connectivity index (χ3n) is 3.23. The average Bonchev–Trinajstić information content (AvgIpc) is 2.85. The predicted octanol–water partition coefficient (Wildman–Crippen LogP) is 0.398. The molecule has 5 nitrogen and oxygen atoms in total. The first kappa shape index (κ1) is 13.5. The first-order valence-corrected chi connectivity index (χ1v) is 6.40. The van der Waals surface area contributed by atoms with E-state index in [4.69, 9.17) is 0 Å². The fraction of sp³-hybridized carbons (Fsp3) is 0.429. The zero-order valence-electron chi connectivity index (χ0n) is 10.9. The van der Waals surface area contributed by atoms with E-state index in [1.807, 2.05) is 6.07 Å². The van der Waals surface area contributed by atoms with E-state index in [0.29, 0.717) is 25.1 Å². The van der Waals surface area contributed by atoms with E-state index in [2.05, 4.69) is 5.32 Å². The Hall–Kier alpha value is -1.88. The van der Waals surface area contributed by atoms with Crippen molar-refractivity contribution in [2.24, 2.45) is 0 Å². The van der Waals surface area contributed by atoms with Gasteiger partial charge in [0.15, 0.2) is 0 Å². The van der Waals surface area contributed by atoms with Gasteiger partial charge >= 0.3 is 0 Å². The van der Waals surface area contributed by atoms with E-state index < -0.39 is 12.1 Å². The number of hydrogen-bond donors (Lipinski definition) is 2. The quantitative estimate of drug-likeness (QED) is 0.828. The molecule has 5 heteroatoms. The van der Waals surface area contributed by atoms with Gasteiger partial charge in [0.1, 0.15) is 6.04 Å². The van der Waals surface area contributed by atoms with E-state index in [-0.39, 0.29) is 11.8 Å². The number of carbonyl (C=O) groups is 2. The molecule has 1 heterocycles. The van der Waals surface area contributed by atoms with Crippen LogP contribution in [0.4, 0.5) is 0 Å². The molecule has 0 aliphatic carbocycles. The van der Waals surface area contributed by atoms with E-state index >= 15 is 0 Å². The molecule has 0 spiro atoms. The minimum Gasteiger partial charge on any atom is -0.391 e. The molecule has 1 aromatic rings. The lowest BCUT2D eigenvalue weighted by Gasteiger charge is -2.21. The summed E-state index contributed by atoms with van der Waals surface area (Å²) in [4.78, 5) is 25.5. The minimum atomic E-state index is -0.585. The molecule has 2 rings (SSSR count). The Bertz CT molecular complexity index is 461. The highest BCUT2D eigenvalue weighted by Gasteiger charge is 2.28. The van der Waals surface area contributed by atoms with Gasteiger partial charge in [-0.25, -0.2) is 0 Å². The van der Waals surface area contributed by atoms with E-state index in [9.17, 15) is 14.7 Å². The first-order chi connectivity index (χ1) is 9.08. The number of amides is 2. The molecule has 0 aromatic heterocycles. The standard InChI is InChI=1S/C14H18N2O3/c1-10(14(19)16-8-7-12(17)9-16)15-13(18)11-5-3-2-4-6-11/h2-6,10,12,17H,7-9H2,1H3,(H,15,18)/t10?,12-/m0/s1. The summed E-state index contributed by atoms with van der Waals surface area (Å²) in [6, 6.07) is 8.20. The molecule has 102 valence electrons. The molecule has 1 aliphatic rings. The lowest BCUT2D eigenvalue weighted by molar-refractivity contribution is -0.132. The fourth-order valence-electron chi connectivity index (χ4n) is 2.15. The van der Waals surface area contributed by atoms with Crippen LogP contribution in [0, 0.1) is 0 Å². The molecule has 2 atom stereocenters. The lowest BCUT2D eigenvalue weighted by Crippen LogP contribution is -2.46. The number of nitrogens with one attached hydrogen (secondary N) is 1. The predicted molar refractivity (Wildman–Crippen MR) is 70.6 cm³/mol. The Morgan fingerprint density at radius 2 is 2.05 bits per heavy atom. The minimum absolute atomic E-state index is 0.152. The Kier molecular flexibility index (Phi) is 4.16. The van der Waals surface area contributed by atoms with Gasteiger partial charge in [0, 0.05) is 18.7 Å². The van der Waals surface area contributed by atoms with Crippen LogP contribution in [0.2, 0.25) is 0 Å². The van der Waals surface area contributed by atoms with Crippen LogP contribution in [0.15, 0.2) is 30.3 Å². The number of carbonyl (C=O) groups excluding carboxylic acids is 2. The second kappa shape index (κ2) is 5.84. The molecular weight excluding hydrogens is 244 g/mol. The second-order valence-electron chi connectivity index (χ2n) is 4.79. The Morgan fingerprint density at radius 1 is 1.37 bits per heavy atom. The Balaban J connectivity index is 1.92. The summed E-state index contributed by atoms with van der Waals surface area (Å²) >= 11 is 0. The number of aliphatic hydroxyl groups is 1. The van der Waals surface area contributed by atoms with Gasteiger partial charge in [0.2, 0.25) is 5.91 Å². The molecular formula is C14H18N2O3. The average molecular weight is 262 g/mol. The summed E-state index contributed by atoms with van der Waals surface area (Å²) in [5.74, 6) is -0.415. The third kappa shape index (κ3) is 3.32. The van der Waals surface area contributed by atoms with Crippen LogP contribution in [0.3, 0.4) is 0 Å². The number of nitrogens with zero attached hydrogens (tertiary/aromatic N) is 1. The molecule has 1 fully saturated rings. The van der Waals surface area contributed by atoms with Crippen molar-refractivity contribution in [1.29, 1.82) is 0 Å². The number of aliphatic hydroxyl groups excluding tert-OH is 1. The van der Waals surface area contributed by atoms with Crippen molar-refractivity contribution in [3.63, 3.8) is 0 Å². The molecule has 1 aliphatic heterocycles. The second-order valence-corrected chi connectivity index (χ2v) is 4.79. The van der Waals surface area contributed by atoms with Gasteiger partial charge in [0.25, 0.3) is 5.91 Å². The molecule has 0 saturated carbocycles. The Labute approximate surface area is 112 Å². The normalized spacial score (nSPS) is 20.1. The maximum Gasteiger partial charge on any atom is 0.251 e. The molecule has 19 heavy (non-hydrogen) atoms. The van der Waals surface area contributed by atoms with E-state index in [1.54, 1.807) is 36.1 Å². The van der Waals surface area contributed by atoms with Crippen molar-refractivity contribution >= 4 is 11.8 Å². The van der Waals surface area contributed by atoms with Crippen LogP contribution in [-0.4, -0.2) is 47.1 Å². The number of likely N-dealkylation sites (tertiary alicyclic amines) is 1. The maximum absolute atomic E-state index is 12.1. The van der Waals surface area contributed by atoms with Gasteiger partial charge in [-0.3, -0.25) is 9.59 Å². The maximum atomic E-state index is 12.1.